The first-order valence-electron chi connectivity index (χ1n) is 5.80. The zero-order valence-electron chi connectivity index (χ0n) is 10.6. The number of nitrogens with zero attached hydrogens (tertiary/aromatic N) is 5. The Kier molecular flexibility index (Phi) is 4.35. The Morgan fingerprint density at radius 2 is 2.25 bits per heavy atom. The molecule has 0 aliphatic heterocycles. The van der Waals surface area contributed by atoms with Gasteiger partial charge in [0.15, 0.2) is 0 Å². The first kappa shape index (κ1) is 14.1. The number of carboxylic acids is 1. The van der Waals surface area contributed by atoms with Crippen LogP contribution in [-0.2, 0) is 24.3 Å². The fourth-order valence-corrected chi connectivity index (χ4v) is 2.17. The monoisotopic (exact) mass is 296 g/mol. The van der Waals surface area contributed by atoms with Gasteiger partial charge in [-0.05, 0) is 18.0 Å². The molecule has 2 heterocycles. The SMILES string of the molecule is CCc1nnsc1C(=O)NCc1cn(CC(=O)O)nn1. The van der Waals surface area contributed by atoms with Gasteiger partial charge in [-0.15, -0.1) is 10.2 Å². The van der Waals surface area contributed by atoms with E-state index in [4.69, 9.17) is 5.11 Å². The number of carboxylic acid groups (broad SMARTS) is 1. The first-order chi connectivity index (χ1) is 9.60. The number of nitrogens with one attached hydrogen (secondary N) is 1. The van der Waals surface area contributed by atoms with E-state index in [0.29, 0.717) is 22.7 Å². The molecule has 0 fully saturated rings. The molecule has 2 rings (SSSR count). The van der Waals surface area contributed by atoms with E-state index >= 15 is 0 Å². The van der Waals surface area contributed by atoms with Gasteiger partial charge in [0.25, 0.3) is 5.91 Å². The molecule has 20 heavy (non-hydrogen) atoms. The lowest BCUT2D eigenvalue weighted by atomic mass is 10.3. The van der Waals surface area contributed by atoms with Crippen LogP contribution >= 0.6 is 11.5 Å². The highest BCUT2D eigenvalue weighted by Gasteiger charge is 2.15. The van der Waals surface area contributed by atoms with Gasteiger partial charge >= 0.3 is 5.97 Å². The third-order valence-corrected chi connectivity index (χ3v) is 3.18. The molecule has 2 aromatic heterocycles. The maximum atomic E-state index is 11.9. The third-order valence-electron chi connectivity index (χ3n) is 2.41. The first-order valence-corrected chi connectivity index (χ1v) is 6.57. The summed E-state index contributed by atoms with van der Waals surface area (Å²) in [7, 11) is 0. The van der Waals surface area contributed by atoms with Crippen LogP contribution in [0.2, 0.25) is 0 Å². The molecule has 106 valence electrons. The van der Waals surface area contributed by atoms with Crippen LogP contribution in [0.15, 0.2) is 6.20 Å². The average Bonchev–Trinajstić information content (AvgIpc) is 3.03. The number of rotatable bonds is 6. The highest BCUT2D eigenvalue weighted by Crippen LogP contribution is 2.10. The largest absolute Gasteiger partial charge is 0.480 e. The van der Waals surface area contributed by atoms with Crippen molar-refractivity contribution in [2.75, 3.05) is 0 Å². The Balaban J connectivity index is 1.93. The Bertz CT molecular complexity index is 622. The number of aromatic nitrogens is 5. The third kappa shape index (κ3) is 3.35. The smallest absolute Gasteiger partial charge is 0.325 e. The normalized spacial score (nSPS) is 10.4. The van der Waals surface area contributed by atoms with Gasteiger partial charge in [-0.1, -0.05) is 16.6 Å². The standard InChI is InChI=1S/C10H12N6O3S/c1-2-7-9(20-15-13-7)10(19)11-3-6-4-16(14-12-6)5-8(17)18/h4H,2-3,5H2,1H3,(H,11,19)(H,17,18). The van der Waals surface area contributed by atoms with Crippen molar-refractivity contribution in [1.29, 1.82) is 0 Å². The Hall–Kier alpha value is -2.36. The summed E-state index contributed by atoms with van der Waals surface area (Å²) in [6.07, 6.45) is 2.11. The predicted molar refractivity (Wildman–Crippen MR) is 68.1 cm³/mol. The van der Waals surface area contributed by atoms with E-state index in [1.54, 1.807) is 0 Å². The summed E-state index contributed by atoms with van der Waals surface area (Å²) < 4.78 is 4.93. The van der Waals surface area contributed by atoms with Crippen LogP contribution in [0, 0.1) is 0 Å². The molecule has 9 nitrogen and oxygen atoms in total. The van der Waals surface area contributed by atoms with Gasteiger partial charge in [0.1, 0.15) is 17.1 Å². The molecule has 0 aromatic carbocycles. The Labute approximate surface area is 117 Å². The lowest BCUT2D eigenvalue weighted by molar-refractivity contribution is -0.137. The van der Waals surface area contributed by atoms with Crippen molar-refractivity contribution in [3.8, 4) is 0 Å². The molecule has 0 spiro atoms. The Morgan fingerprint density at radius 3 is 2.95 bits per heavy atom. The molecule has 0 aliphatic rings. The fourth-order valence-electron chi connectivity index (χ4n) is 1.50. The minimum absolute atomic E-state index is 0.166. The lowest BCUT2D eigenvalue weighted by Crippen LogP contribution is -2.23. The van der Waals surface area contributed by atoms with Gasteiger partial charge in [-0.25, -0.2) is 4.68 Å². The number of hydrogen-bond donors (Lipinski definition) is 2. The highest BCUT2D eigenvalue weighted by atomic mass is 32.1. The van der Waals surface area contributed by atoms with E-state index in [2.05, 4.69) is 25.2 Å². The molecule has 2 aromatic rings. The topological polar surface area (TPSA) is 123 Å². The van der Waals surface area contributed by atoms with Crippen molar-refractivity contribution in [2.45, 2.75) is 26.4 Å². The minimum Gasteiger partial charge on any atom is -0.480 e. The summed E-state index contributed by atoms with van der Waals surface area (Å²) in [6.45, 7) is 1.80. The molecule has 0 radical (unpaired) electrons. The molecule has 0 aliphatic carbocycles. The molecule has 2 N–H and O–H groups in total. The zero-order valence-corrected chi connectivity index (χ0v) is 11.4. The molecular weight excluding hydrogens is 284 g/mol. The van der Waals surface area contributed by atoms with Gasteiger partial charge in [-0.3, -0.25) is 9.59 Å². The molecule has 0 saturated carbocycles. The molecule has 0 bridgehead atoms. The van der Waals surface area contributed by atoms with Crippen LogP contribution in [-0.4, -0.2) is 41.6 Å². The second-order valence-corrected chi connectivity index (χ2v) is 4.64. The maximum Gasteiger partial charge on any atom is 0.325 e. The molecule has 0 saturated heterocycles. The lowest BCUT2D eigenvalue weighted by Gasteiger charge is -2.00. The number of carbonyl (C=O) groups is 2. The number of amides is 1. The molecular formula is C10H12N6O3S. The van der Waals surface area contributed by atoms with Gasteiger partial charge in [-0.2, -0.15) is 0 Å². The summed E-state index contributed by atoms with van der Waals surface area (Å²) in [4.78, 5) is 22.9. The van der Waals surface area contributed by atoms with E-state index in [0.717, 1.165) is 11.5 Å². The maximum absolute atomic E-state index is 11.9. The number of carbonyl (C=O) groups excluding carboxylic acids is 1. The van der Waals surface area contributed by atoms with Crippen molar-refractivity contribution in [1.82, 2.24) is 29.9 Å². The molecule has 10 heteroatoms. The van der Waals surface area contributed by atoms with Crippen molar-refractivity contribution >= 4 is 23.4 Å². The Morgan fingerprint density at radius 1 is 1.45 bits per heavy atom. The van der Waals surface area contributed by atoms with E-state index in [9.17, 15) is 9.59 Å². The van der Waals surface area contributed by atoms with Crippen LogP contribution in [0.4, 0.5) is 0 Å². The van der Waals surface area contributed by atoms with Crippen LogP contribution in [0.1, 0.15) is 28.0 Å². The zero-order chi connectivity index (χ0) is 14.5. The summed E-state index contributed by atoms with van der Waals surface area (Å²) in [5.74, 6) is -1.28. The van der Waals surface area contributed by atoms with Gasteiger partial charge < -0.3 is 10.4 Å². The minimum atomic E-state index is -1.01. The second kappa shape index (κ2) is 6.19. The highest BCUT2D eigenvalue weighted by molar-refractivity contribution is 7.08. The summed E-state index contributed by atoms with van der Waals surface area (Å²) in [6, 6.07) is 0. The van der Waals surface area contributed by atoms with Crippen molar-refractivity contribution in [3.05, 3.63) is 22.5 Å². The predicted octanol–water partition coefficient (Wildman–Crippen LogP) is -0.293. The van der Waals surface area contributed by atoms with Crippen molar-refractivity contribution in [2.24, 2.45) is 0 Å². The molecule has 0 unspecified atom stereocenters. The summed E-state index contributed by atoms with van der Waals surface area (Å²) in [5.41, 5.74) is 1.14. The number of aryl methyl sites for hydroxylation is 1. The number of aliphatic carboxylic acids is 1. The van der Waals surface area contributed by atoms with Crippen LogP contribution < -0.4 is 5.32 Å². The number of hydrogen-bond acceptors (Lipinski definition) is 7. The van der Waals surface area contributed by atoms with E-state index in [1.807, 2.05) is 6.92 Å². The van der Waals surface area contributed by atoms with Crippen molar-refractivity contribution in [3.63, 3.8) is 0 Å². The second-order valence-electron chi connectivity index (χ2n) is 3.89. The summed E-state index contributed by atoms with van der Waals surface area (Å²) in [5, 5.41) is 22.6. The van der Waals surface area contributed by atoms with Crippen molar-refractivity contribution < 1.29 is 14.7 Å². The average molecular weight is 296 g/mol. The molecule has 0 atom stereocenters. The van der Waals surface area contributed by atoms with E-state index < -0.39 is 5.97 Å². The van der Waals surface area contributed by atoms with Crippen LogP contribution in [0.5, 0.6) is 0 Å². The van der Waals surface area contributed by atoms with Gasteiger partial charge in [0, 0.05) is 0 Å². The summed E-state index contributed by atoms with van der Waals surface area (Å²) >= 11 is 1.04. The molecule has 1 amide bonds. The van der Waals surface area contributed by atoms with E-state index in [-0.39, 0.29) is 19.0 Å². The van der Waals surface area contributed by atoms with Crippen LogP contribution in [0.25, 0.3) is 0 Å². The van der Waals surface area contributed by atoms with Crippen LogP contribution in [0.3, 0.4) is 0 Å². The quantitative estimate of drug-likeness (QED) is 0.750. The fraction of sp³-hybridized carbons (Fsp3) is 0.400. The van der Waals surface area contributed by atoms with E-state index in [1.165, 1.54) is 10.9 Å². The van der Waals surface area contributed by atoms with Gasteiger partial charge in [0.05, 0.1) is 18.4 Å². The van der Waals surface area contributed by atoms with Gasteiger partial charge in [0.2, 0.25) is 0 Å².